The van der Waals surface area contributed by atoms with Crippen molar-refractivity contribution in [1.82, 2.24) is 0 Å². The summed E-state index contributed by atoms with van der Waals surface area (Å²) in [6.45, 7) is 18.2. The zero-order chi connectivity index (χ0) is 23.4. The molecular weight excluding hydrogens is 380 g/mol. The summed E-state index contributed by atoms with van der Waals surface area (Å²) < 4.78 is 0. The minimum Gasteiger partial charge on any atom is -0.478 e. The van der Waals surface area contributed by atoms with Crippen molar-refractivity contribution in [2.75, 3.05) is 0 Å². The third-order valence-corrected chi connectivity index (χ3v) is 6.15. The van der Waals surface area contributed by atoms with Gasteiger partial charge in [-0.2, -0.15) is 0 Å². The number of hydrogen-bond donors (Lipinski definition) is 1. The average molecular weight is 425 g/mol. The second-order valence-corrected chi connectivity index (χ2v) is 12.1. The first kappa shape index (κ1) is 25.4. The van der Waals surface area contributed by atoms with E-state index in [0.29, 0.717) is 11.0 Å². The fourth-order valence-electron chi connectivity index (χ4n) is 5.40. The molecule has 2 heteroatoms. The van der Waals surface area contributed by atoms with E-state index in [2.05, 4.69) is 67.5 Å². The zero-order valence-corrected chi connectivity index (χ0v) is 21.1. The highest BCUT2D eigenvalue weighted by Gasteiger charge is 2.26. The Labute approximate surface area is 190 Å². The normalized spacial score (nSPS) is 14.6. The molecule has 0 aliphatic rings. The second kappa shape index (κ2) is 10.2. The Hall–Kier alpha value is -1.83. The first-order chi connectivity index (χ1) is 14.3. The number of benzene rings is 2. The minimum atomic E-state index is -0.799. The van der Waals surface area contributed by atoms with Crippen LogP contribution in [0.25, 0.3) is 10.8 Å². The molecule has 2 rings (SSSR count). The van der Waals surface area contributed by atoms with E-state index in [0.717, 1.165) is 41.5 Å². The van der Waals surface area contributed by atoms with Gasteiger partial charge in [-0.05, 0) is 70.2 Å². The van der Waals surface area contributed by atoms with Crippen molar-refractivity contribution in [2.45, 2.75) is 99.8 Å². The first-order valence-electron chi connectivity index (χ1n) is 12.1. The largest absolute Gasteiger partial charge is 0.478 e. The molecule has 0 fully saturated rings. The minimum absolute atomic E-state index is 0.153. The van der Waals surface area contributed by atoms with Gasteiger partial charge in [0.25, 0.3) is 0 Å². The van der Waals surface area contributed by atoms with Gasteiger partial charge in [0.05, 0.1) is 5.56 Å². The number of hydrogen-bond acceptors (Lipinski definition) is 1. The lowest BCUT2D eigenvalue weighted by Crippen LogP contribution is -2.16. The van der Waals surface area contributed by atoms with Crippen LogP contribution in [0.15, 0.2) is 30.3 Å². The van der Waals surface area contributed by atoms with Gasteiger partial charge in [-0.15, -0.1) is 0 Å². The summed E-state index contributed by atoms with van der Waals surface area (Å²) in [5.74, 6) is 0.142. The molecule has 0 saturated heterocycles. The molecular formula is C29H44O2. The molecule has 2 aromatic carbocycles. The van der Waals surface area contributed by atoms with E-state index in [1.54, 1.807) is 0 Å². The lowest BCUT2D eigenvalue weighted by atomic mass is 9.77. The van der Waals surface area contributed by atoms with Gasteiger partial charge >= 0.3 is 5.97 Å². The van der Waals surface area contributed by atoms with Crippen molar-refractivity contribution in [1.29, 1.82) is 0 Å². The maximum Gasteiger partial charge on any atom is 0.336 e. The van der Waals surface area contributed by atoms with E-state index in [1.165, 1.54) is 24.8 Å². The monoisotopic (exact) mass is 424 g/mol. The van der Waals surface area contributed by atoms with Crippen LogP contribution >= 0.6 is 0 Å². The van der Waals surface area contributed by atoms with Gasteiger partial charge in [0, 0.05) is 0 Å². The van der Waals surface area contributed by atoms with E-state index in [4.69, 9.17) is 0 Å². The predicted octanol–water partition coefficient (Wildman–Crippen LogP) is 8.86. The van der Waals surface area contributed by atoms with Crippen LogP contribution in [0.3, 0.4) is 0 Å². The number of carboxylic acid groups (broad SMARTS) is 1. The second-order valence-electron chi connectivity index (χ2n) is 12.1. The summed E-state index contributed by atoms with van der Waals surface area (Å²) in [5, 5.41) is 12.1. The Balaban J connectivity index is 2.33. The lowest BCUT2D eigenvalue weighted by Gasteiger charge is -2.27. The number of carboxylic acids is 1. The highest BCUT2D eigenvalue weighted by Crippen LogP contribution is 2.38. The van der Waals surface area contributed by atoms with E-state index in [9.17, 15) is 9.90 Å². The summed E-state index contributed by atoms with van der Waals surface area (Å²) in [5.41, 5.74) is 3.34. The molecule has 0 radical (unpaired) electrons. The van der Waals surface area contributed by atoms with Crippen LogP contribution in [0.2, 0.25) is 0 Å². The van der Waals surface area contributed by atoms with Crippen molar-refractivity contribution in [3.8, 4) is 0 Å². The summed E-state index contributed by atoms with van der Waals surface area (Å²) in [6, 6.07) is 10.2. The van der Waals surface area contributed by atoms with Gasteiger partial charge in [-0.1, -0.05) is 98.6 Å². The molecule has 2 nitrogen and oxygen atoms in total. The topological polar surface area (TPSA) is 37.3 Å². The Bertz CT molecular complexity index is 880. The van der Waals surface area contributed by atoms with Crippen molar-refractivity contribution in [3.63, 3.8) is 0 Å². The molecule has 2 atom stereocenters. The van der Waals surface area contributed by atoms with Crippen molar-refractivity contribution in [3.05, 3.63) is 47.0 Å². The van der Waals surface area contributed by atoms with Crippen LogP contribution in [0, 0.1) is 16.7 Å². The fraction of sp³-hybridized carbons (Fsp3) is 0.621. The molecule has 0 aromatic heterocycles. The maximum atomic E-state index is 12.4. The first-order valence-corrected chi connectivity index (χ1v) is 12.1. The number of aryl methyl sites for hydroxylation is 1. The smallest absolute Gasteiger partial charge is 0.336 e. The van der Waals surface area contributed by atoms with Gasteiger partial charge in [0.1, 0.15) is 0 Å². The van der Waals surface area contributed by atoms with Crippen LogP contribution in [-0.2, 0) is 6.42 Å². The molecule has 0 spiro atoms. The molecule has 0 aliphatic carbocycles. The quantitative estimate of drug-likeness (QED) is 0.408. The van der Waals surface area contributed by atoms with E-state index < -0.39 is 5.97 Å². The van der Waals surface area contributed by atoms with Gasteiger partial charge < -0.3 is 5.11 Å². The number of aromatic carboxylic acids is 1. The van der Waals surface area contributed by atoms with E-state index >= 15 is 0 Å². The van der Waals surface area contributed by atoms with Crippen molar-refractivity contribution >= 4 is 16.7 Å². The van der Waals surface area contributed by atoms with Gasteiger partial charge in [-0.3, -0.25) is 0 Å². The highest BCUT2D eigenvalue weighted by atomic mass is 16.4. The van der Waals surface area contributed by atoms with Crippen LogP contribution in [0.1, 0.15) is 115 Å². The number of fused-ring (bicyclic) bond motifs is 1. The highest BCUT2D eigenvalue weighted by molar-refractivity contribution is 6.05. The van der Waals surface area contributed by atoms with Crippen LogP contribution in [0.4, 0.5) is 0 Å². The third kappa shape index (κ3) is 7.66. The lowest BCUT2D eigenvalue weighted by molar-refractivity contribution is 0.0696. The molecule has 0 amide bonds. The number of carbonyl (C=O) groups is 1. The standard InChI is InChI=1S/C29H44O2/c1-20(18-28(3,4)5)13-9-10-15-23-17-22-14-11-12-16-24(22)26(27(30)31)25(23)21(2)19-29(6,7)8/h11-12,14,16-17,20-21H,9-10,13,15,18-19H2,1-8H3,(H,30,31). The van der Waals surface area contributed by atoms with Crippen LogP contribution in [-0.4, -0.2) is 11.1 Å². The Morgan fingerprint density at radius 3 is 2.13 bits per heavy atom. The summed E-state index contributed by atoms with van der Waals surface area (Å²) in [4.78, 5) is 12.4. The van der Waals surface area contributed by atoms with Gasteiger partial charge in [-0.25, -0.2) is 4.79 Å². The van der Waals surface area contributed by atoms with Crippen LogP contribution < -0.4 is 0 Å². The van der Waals surface area contributed by atoms with E-state index in [-0.39, 0.29) is 11.3 Å². The Kier molecular flexibility index (Phi) is 8.36. The fourth-order valence-corrected chi connectivity index (χ4v) is 5.40. The summed E-state index contributed by atoms with van der Waals surface area (Å²) in [7, 11) is 0. The molecule has 0 saturated carbocycles. The van der Waals surface area contributed by atoms with Crippen LogP contribution in [0.5, 0.6) is 0 Å². The number of rotatable bonds is 9. The molecule has 172 valence electrons. The third-order valence-electron chi connectivity index (χ3n) is 6.15. The SMILES string of the molecule is CC(CCCCc1cc2ccccc2c(C(=O)O)c1C(C)CC(C)(C)C)CC(C)(C)C. The molecule has 1 N–H and O–H groups in total. The van der Waals surface area contributed by atoms with E-state index in [1.807, 2.05) is 18.2 Å². The van der Waals surface area contributed by atoms with Gasteiger partial charge in [0.2, 0.25) is 0 Å². The molecule has 0 heterocycles. The van der Waals surface area contributed by atoms with Crippen molar-refractivity contribution < 1.29 is 9.90 Å². The average Bonchev–Trinajstić information content (AvgIpc) is 2.60. The summed E-state index contributed by atoms with van der Waals surface area (Å²) >= 11 is 0. The zero-order valence-electron chi connectivity index (χ0n) is 21.1. The Morgan fingerprint density at radius 1 is 0.935 bits per heavy atom. The molecule has 0 bridgehead atoms. The molecule has 31 heavy (non-hydrogen) atoms. The Morgan fingerprint density at radius 2 is 1.55 bits per heavy atom. The number of unbranched alkanes of at least 4 members (excludes halogenated alkanes) is 1. The predicted molar refractivity (Wildman–Crippen MR) is 134 cm³/mol. The van der Waals surface area contributed by atoms with Crippen molar-refractivity contribution in [2.24, 2.45) is 16.7 Å². The molecule has 0 aliphatic heterocycles. The van der Waals surface area contributed by atoms with Gasteiger partial charge in [0.15, 0.2) is 0 Å². The maximum absolute atomic E-state index is 12.4. The molecule has 2 unspecified atom stereocenters. The summed E-state index contributed by atoms with van der Waals surface area (Å²) in [6.07, 6.45) is 6.72. The molecule has 2 aromatic rings.